The molecule has 1 aliphatic rings. The van der Waals surface area contributed by atoms with Gasteiger partial charge in [0.1, 0.15) is 12.6 Å². The van der Waals surface area contributed by atoms with E-state index in [1.165, 1.54) is 4.31 Å². The van der Waals surface area contributed by atoms with E-state index in [2.05, 4.69) is 31.2 Å². The van der Waals surface area contributed by atoms with Crippen LogP contribution in [0.4, 0.5) is 5.69 Å². The second-order valence-corrected chi connectivity index (χ2v) is 11.2. The highest BCUT2D eigenvalue weighted by molar-refractivity contribution is 7.89. The minimum atomic E-state index is -3.82. The Kier molecular flexibility index (Phi) is 7.12. The molecule has 0 spiro atoms. The van der Waals surface area contributed by atoms with Crippen molar-refractivity contribution in [2.45, 2.75) is 31.3 Å². The van der Waals surface area contributed by atoms with Gasteiger partial charge in [-0.1, -0.05) is 96.1 Å². The summed E-state index contributed by atoms with van der Waals surface area (Å²) in [5.74, 6) is 0. The fourth-order valence-corrected chi connectivity index (χ4v) is 5.79. The van der Waals surface area contributed by atoms with Crippen LogP contribution in [0.2, 0.25) is 0 Å². The lowest BCUT2D eigenvalue weighted by Gasteiger charge is -2.27. The second kappa shape index (κ2) is 10.6. The van der Waals surface area contributed by atoms with Gasteiger partial charge in [-0.3, -0.25) is 9.14 Å². The molecular weight excluding hydrogens is 480 g/mol. The Balaban J connectivity index is 1.60. The van der Waals surface area contributed by atoms with Crippen molar-refractivity contribution in [1.29, 1.82) is 0 Å². The molecule has 1 atom stereocenters. The Labute approximate surface area is 219 Å². The fourth-order valence-electron chi connectivity index (χ4n) is 4.45. The first-order chi connectivity index (χ1) is 17.9. The zero-order valence-electron chi connectivity index (χ0n) is 21.0. The summed E-state index contributed by atoms with van der Waals surface area (Å²) in [6.07, 6.45) is 1.76. The monoisotopic (exact) mass is 510 g/mol. The third-order valence-corrected chi connectivity index (χ3v) is 8.20. The first-order valence-corrected chi connectivity index (χ1v) is 13.7. The number of anilines is 1. The standard InChI is InChI=1S/C31H30N2O3S/c1-24-13-17-27(18-14-24)31-28(23-36-33(31)29-11-7-4-8-12-29)22-32(21-26-9-5-3-6-10-26)37(34,35)30-19-15-25(2)16-20-30/h3-20,22,31H,21,23H2,1-2H3/b28-22+. The molecule has 5 rings (SSSR count). The molecule has 5 nitrogen and oxygen atoms in total. The Morgan fingerprint density at radius 1 is 0.811 bits per heavy atom. The first-order valence-electron chi connectivity index (χ1n) is 12.3. The molecule has 0 aliphatic carbocycles. The van der Waals surface area contributed by atoms with Gasteiger partial charge in [0.25, 0.3) is 10.0 Å². The number of hydrogen-bond acceptors (Lipinski definition) is 4. The largest absolute Gasteiger partial charge is 0.269 e. The average Bonchev–Trinajstić information content (AvgIpc) is 3.34. The summed E-state index contributed by atoms with van der Waals surface area (Å²) in [4.78, 5) is 6.44. The molecule has 1 fully saturated rings. The Morgan fingerprint density at radius 2 is 1.38 bits per heavy atom. The Morgan fingerprint density at radius 3 is 2.00 bits per heavy atom. The predicted molar refractivity (Wildman–Crippen MR) is 147 cm³/mol. The van der Waals surface area contributed by atoms with Crippen molar-refractivity contribution in [3.8, 4) is 0 Å². The van der Waals surface area contributed by atoms with Gasteiger partial charge in [0.2, 0.25) is 0 Å². The van der Waals surface area contributed by atoms with E-state index in [1.54, 1.807) is 18.3 Å². The lowest BCUT2D eigenvalue weighted by molar-refractivity contribution is 0.162. The van der Waals surface area contributed by atoms with E-state index in [4.69, 9.17) is 4.84 Å². The highest BCUT2D eigenvalue weighted by Crippen LogP contribution is 2.39. The normalized spacial score (nSPS) is 16.8. The third-order valence-electron chi connectivity index (χ3n) is 6.48. The number of nitrogens with zero attached hydrogens (tertiary/aromatic N) is 2. The smallest absolute Gasteiger partial charge is 0.264 e. The second-order valence-electron chi connectivity index (χ2n) is 9.30. The maximum Gasteiger partial charge on any atom is 0.264 e. The molecule has 0 saturated carbocycles. The van der Waals surface area contributed by atoms with Crippen LogP contribution in [0.15, 0.2) is 126 Å². The maximum absolute atomic E-state index is 13.9. The van der Waals surface area contributed by atoms with Crippen LogP contribution >= 0.6 is 0 Å². The van der Waals surface area contributed by atoms with Crippen molar-refractivity contribution in [3.05, 3.63) is 143 Å². The van der Waals surface area contributed by atoms with Gasteiger partial charge in [-0.2, -0.15) is 0 Å². The minimum Gasteiger partial charge on any atom is -0.269 e. The van der Waals surface area contributed by atoms with E-state index in [9.17, 15) is 8.42 Å². The van der Waals surface area contributed by atoms with Gasteiger partial charge in [0.15, 0.2) is 0 Å². The molecule has 0 bridgehead atoms. The van der Waals surface area contributed by atoms with E-state index in [-0.39, 0.29) is 24.1 Å². The molecule has 1 heterocycles. The maximum atomic E-state index is 13.9. The lowest BCUT2D eigenvalue weighted by atomic mass is 9.99. The number of aryl methyl sites for hydroxylation is 2. The highest BCUT2D eigenvalue weighted by Gasteiger charge is 2.34. The number of hydrogen-bond donors (Lipinski definition) is 0. The zero-order chi connectivity index (χ0) is 25.8. The van der Waals surface area contributed by atoms with Crippen molar-refractivity contribution in [3.63, 3.8) is 0 Å². The molecule has 0 N–H and O–H groups in total. The molecule has 6 heteroatoms. The predicted octanol–water partition coefficient (Wildman–Crippen LogP) is 6.57. The van der Waals surface area contributed by atoms with Crippen LogP contribution < -0.4 is 5.06 Å². The van der Waals surface area contributed by atoms with Crippen LogP contribution in [0, 0.1) is 13.8 Å². The summed E-state index contributed by atoms with van der Waals surface area (Å²) >= 11 is 0. The third kappa shape index (κ3) is 5.45. The van der Waals surface area contributed by atoms with Crippen LogP contribution in [0.25, 0.3) is 0 Å². The summed E-state index contributed by atoms with van der Waals surface area (Å²) in [6, 6.07) is 34.5. The van der Waals surface area contributed by atoms with Crippen LogP contribution in [-0.4, -0.2) is 19.3 Å². The molecule has 37 heavy (non-hydrogen) atoms. The minimum absolute atomic E-state index is 0.215. The van der Waals surface area contributed by atoms with Crippen LogP contribution in [0.3, 0.4) is 0 Å². The summed E-state index contributed by atoms with van der Waals surface area (Å²) < 4.78 is 29.2. The summed E-state index contributed by atoms with van der Waals surface area (Å²) in [6.45, 7) is 4.49. The van der Waals surface area contributed by atoms with Gasteiger partial charge in [0.05, 0.1) is 17.1 Å². The zero-order valence-corrected chi connectivity index (χ0v) is 21.8. The van der Waals surface area contributed by atoms with Gasteiger partial charge >= 0.3 is 0 Å². The Hall–Kier alpha value is -3.87. The fraction of sp³-hybridized carbons (Fsp3) is 0.161. The van der Waals surface area contributed by atoms with Gasteiger partial charge in [0, 0.05) is 11.8 Å². The van der Waals surface area contributed by atoms with Crippen LogP contribution in [0.1, 0.15) is 28.3 Å². The summed E-state index contributed by atoms with van der Waals surface area (Å²) in [7, 11) is -3.82. The van der Waals surface area contributed by atoms with E-state index >= 15 is 0 Å². The lowest BCUT2D eigenvalue weighted by Crippen LogP contribution is -2.27. The van der Waals surface area contributed by atoms with Crippen molar-refractivity contribution >= 4 is 15.7 Å². The van der Waals surface area contributed by atoms with Crippen molar-refractivity contribution < 1.29 is 13.3 Å². The highest BCUT2D eigenvalue weighted by atomic mass is 32.2. The number of para-hydroxylation sites is 1. The van der Waals surface area contributed by atoms with Gasteiger partial charge < -0.3 is 0 Å². The van der Waals surface area contributed by atoms with E-state index in [0.717, 1.165) is 33.5 Å². The number of benzene rings is 4. The topological polar surface area (TPSA) is 49.9 Å². The molecule has 0 radical (unpaired) electrons. The molecule has 188 valence electrons. The van der Waals surface area contributed by atoms with Gasteiger partial charge in [-0.25, -0.2) is 13.5 Å². The van der Waals surface area contributed by atoms with Gasteiger partial charge in [-0.05, 0) is 49.2 Å². The van der Waals surface area contributed by atoms with E-state index in [1.807, 2.05) is 84.8 Å². The van der Waals surface area contributed by atoms with Crippen molar-refractivity contribution in [2.24, 2.45) is 0 Å². The molecular formula is C31H30N2O3S. The number of rotatable bonds is 7. The molecule has 4 aromatic rings. The molecule has 0 aromatic heterocycles. The molecule has 1 saturated heterocycles. The average molecular weight is 511 g/mol. The van der Waals surface area contributed by atoms with Crippen LogP contribution in [-0.2, 0) is 21.4 Å². The van der Waals surface area contributed by atoms with Crippen LogP contribution in [0.5, 0.6) is 0 Å². The van der Waals surface area contributed by atoms with Gasteiger partial charge in [-0.15, -0.1) is 0 Å². The molecule has 0 amide bonds. The Bertz CT molecular complexity index is 1470. The summed E-state index contributed by atoms with van der Waals surface area (Å²) in [5, 5.41) is 1.87. The molecule has 1 aliphatic heterocycles. The number of hydroxylamine groups is 1. The molecule has 1 unspecified atom stereocenters. The number of sulfonamides is 1. The first kappa shape index (κ1) is 24.8. The summed E-state index contributed by atoms with van der Waals surface area (Å²) in [5.41, 5.74) is 5.87. The van der Waals surface area contributed by atoms with Crippen molar-refractivity contribution in [2.75, 3.05) is 11.7 Å². The quantitative estimate of drug-likeness (QED) is 0.282. The van der Waals surface area contributed by atoms with E-state index < -0.39 is 10.0 Å². The SMILES string of the molecule is Cc1ccc(C2/C(=C/N(Cc3ccccc3)S(=O)(=O)c3ccc(C)cc3)CON2c2ccccc2)cc1. The van der Waals surface area contributed by atoms with Crippen molar-refractivity contribution in [1.82, 2.24) is 4.31 Å². The molecule has 4 aromatic carbocycles. The van der Waals surface area contributed by atoms with E-state index in [0.29, 0.717) is 0 Å².